The van der Waals surface area contributed by atoms with Crippen LogP contribution in [0.3, 0.4) is 0 Å². The van der Waals surface area contributed by atoms with E-state index in [9.17, 15) is 29.1 Å². The van der Waals surface area contributed by atoms with Crippen molar-refractivity contribution in [3.63, 3.8) is 0 Å². The van der Waals surface area contributed by atoms with Crippen molar-refractivity contribution in [3.05, 3.63) is 83.1 Å². The van der Waals surface area contributed by atoms with E-state index < -0.39 is 35.4 Å². The second-order valence-electron chi connectivity index (χ2n) is 8.19. The number of benzene rings is 3. The van der Waals surface area contributed by atoms with Crippen LogP contribution in [0, 0.1) is 29.9 Å². The Balaban J connectivity index is 2.23. The van der Waals surface area contributed by atoms with Gasteiger partial charge in [-0.1, -0.05) is 6.07 Å². The van der Waals surface area contributed by atoms with Crippen molar-refractivity contribution in [2.45, 2.75) is 25.9 Å². The first-order valence-corrected chi connectivity index (χ1v) is 10.3. The lowest BCUT2D eigenvalue weighted by atomic mass is 9.89. The monoisotopic (exact) mass is 464 g/mol. The van der Waals surface area contributed by atoms with E-state index in [0.717, 1.165) is 6.07 Å². The first-order chi connectivity index (χ1) is 16.1. The van der Waals surface area contributed by atoms with Crippen molar-refractivity contribution in [2.75, 3.05) is 0 Å². The summed E-state index contributed by atoms with van der Waals surface area (Å²) in [7, 11) is 0. The van der Waals surface area contributed by atoms with Crippen LogP contribution < -0.4 is 0 Å². The maximum Gasteiger partial charge on any atom is 0.335 e. The third kappa shape index (κ3) is 3.65. The number of aromatic hydroxyl groups is 1. The van der Waals surface area contributed by atoms with Gasteiger partial charge in [0.05, 0.1) is 34.7 Å². The number of carboxylic acids is 1. The minimum Gasteiger partial charge on any atom is -0.504 e. The zero-order chi connectivity index (χ0) is 24.8. The summed E-state index contributed by atoms with van der Waals surface area (Å²) in [5.41, 5.74) is -0.851. The van der Waals surface area contributed by atoms with Crippen LogP contribution in [0.15, 0.2) is 54.6 Å². The molecule has 1 heterocycles. The van der Waals surface area contributed by atoms with Gasteiger partial charge < -0.3 is 14.8 Å². The molecule has 5 nitrogen and oxygen atoms in total. The van der Waals surface area contributed by atoms with Crippen LogP contribution in [0.25, 0.3) is 27.7 Å². The summed E-state index contributed by atoms with van der Waals surface area (Å²) in [5.74, 6) is -3.32. The number of aromatic nitrogens is 1. The number of hydrogen-bond acceptors (Lipinski definition) is 3. The van der Waals surface area contributed by atoms with E-state index in [1.807, 2.05) is 6.07 Å². The molecule has 1 unspecified atom stereocenters. The van der Waals surface area contributed by atoms with Crippen molar-refractivity contribution in [1.29, 1.82) is 5.26 Å². The summed E-state index contributed by atoms with van der Waals surface area (Å²) in [5, 5.41) is 29.4. The smallest absolute Gasteiger partial charge is 0.335 e. The van der Waals surface area contributed by atoms with Crippen LogP contribution in [0.5, 0.6) is 5.75 Å². The fourth-order valence-electron chi connectivity index (χ4n) is 4.26. The van der Waals surface area contributed by atoms with Gasteiger partial charge in [0.2, 0.25) is 0 Å². The molecule has 8 heteroatoms. The van der Waals surface area contributed by atoms with E-state index in [-0.39, 0.29) is 27.7 Å². The van der Waals surface area contributed by atoms with E-state index in [1.165, 1.54) is 60.0 Å². The molecule has 0 radical (unpaired) electrons. The highest BCUT2D eigenvalue weighted by atomic mass is 19.1. The molecule has 4 rings (SSSR count). The first-order valence-electron chi connectivity index (χ1n) is 10.3. The molecule has 0 spiro atoms. The Kier molecular flexibility index (Phi) is 5.57. The number of fused-ring (bicyclic) bond motifs is 1. The second-order valence-corrected chi connectivity index (χ2v) is 8.19. The maximum absolute atomic E-state index is 16.2. The number of nitrogens with zero attached hydrogens (tertiary/aromatic N) is 2. The molecule has 0 aliphatic heterocycles. The van der Waals surface area contributed by atoms with Crippen molar-refractivity contribution in [2.24, 2.45) is 0 Å². The van der Waals surface area contributed by atoms with Gasteiger partial charge in [-0.25, -0.2) is 18.0 Å². The molecular formula is C26H19F3N2O3. The van der Waals surface area contributed by atoms with Crippen molar-refractivity contribution < 1.29 is 28.2 Å². The minimum absolute atomic E-state index is 0.000473. The molecule has 0 bridgehead atoms. The molecule has 1 atom stereocenters. The predicted octanol–water partition coefficient (Wildman–Crippen LogP) is 6.39. The molecular weight excluding hydrogens is 445 g/mol. The predicted molar refractivity (Wildman–Crippen MR) is 121 cm³/mol. The summed E-state index contributed by atoms with van der Waals surface area (Å²) >= 11 is 0. The quantitative estimate of drug-likeness (QED) is 0.359. The number of phenols is 1. The van der Waals surface area contributed by atoms with Crippen LogP contribution in [-0.4, -0.2) is 20.7 Å². The lowest BCUT2D eigenvalue weighted by Crippen LogP contribution is -2.20. The molecule has 0 amide bonds. The van der Waals surface area contributed by atoms with Gasteiger partial charge >= 0.3 is 5.97 Å². The van der Waals surface area contributed by atoms with Crippen molar-refractivity contribution in [1.82, 2.24) is 4.57 Å². The van der Waals surface area contributed by atoms with Crippen LogP contribution in [0.1, 0.15) is 35.0 Å². The number of carbonyl (C=O) groups is 1. The summed E-state index contributed by atoms with van der Waals surface area (Å²) in [6, 6.07) is 13.6. The molecule has 1 aromatic heterocycles. The van der Waals surface area contributed by atoms with E-state index >= 15 is 4.39 Å². The average molecular weight is 464 g/mol. The number of rotatable bonds is 5. The topological polar surface area (TPSA) is 86.2 Å². The standard InChI is InChI=1S/C26H19F3N2O3/c1-14-13-15(25(33)34)3-8-18(14)21-22-20(10-9-19(28)23(22)32)31(17-6-4-16(27)5-7-17)24(21)26(2,29)11-12-30/h3-10,13,32H,11H2,1-2H3,(H,33,34). The number of phenolic OH excluding ortho intramolecular Hbond substituents is 1. The van der Waals surface area contributed by atoms with Crippen LogP contribution >= 0.6 is 0 Å². The third-order valence-corrected chi connectivity index (χ3v) is 5.79. The van der Waals surface area contributed by atoms with E-state index in [4.69, 9.17) is 0 Å². The second kappa shape index (κ2) is 8.27. The van der Waals surface area contributed by atoms with Crippen LogP contribution in [-0.2, 0) is 5.67 Å². The Morgan fingerprint density at radius 2 is 1.79 bits per heavy atom. The number of aryl methyl sites for hydroxylation is 1. The number of aromatic carboxylic acids is 1. The van der Waals surface area contributed by atoms with Gasteiger partial charge in [-0.05, 0) is 73.5 Å². The zero-order valence-electron chi connectivity index (χ0n) is 18.2. The molecule has 0 aliphatic carbocycles. The SMILES string of the molecule is Cc1cc(C(=O)O)ccc1-c1c(C(C)(F)CC#N)n(-c2ccc(F)cc2)c2ccc(F)c(O)c12. The molecule has 0 saturated carbocycles. The Morgan fingerprint density at radius 1 is 1.12 bits per heavy atom. The van der Waals surface area contributed by atoms with Gasteiger partial charge in [-0.2, -0.15) is 5.26 Å². The first kappa shape index (κ1) is 22.9. The van der Waals surface area contributed by atoms with Crippen LogP contribution in [0.2, 0.25) is 0 Å². The maximum atomic E-state index is 16.2. The van der Waals surface area contributed by atoms with Gasteiger partial charge in [0.15, 0.2) is 17.2 Å². The van der Waals surface area contributed by atoms with Gasteiger partial charge in [0.25, 0.3) is 0 Å². The lowest BCUT2D eigenvalue weighted by Gasteiger charge is -2.23. The largest absolute Gasteiger partial charge is 0.504 e. The van der Waals surface area contributed by atoms with Gasteiger partial charge in [0, 0.05) is 11.3 Å². The number of halogens is 3. The van der Waals surface area contributed by atoms with E-state index in [2.05, 4.69) is 0 Å². The minimum atomic E-state index is -2.28. The summed E-state index contributed by atoms with van der Waals surface area (Å²) in [4.78, 5) is 11.4. The fourth-order valence-corrected chi connectivity index (χ4v) is 4.26. The Labute approximate surface area is 192 Å². The molecule has 2 N–H and O–H groups in total. The molecule has 0 fully saturated rings. The molecule has 0 saturated heterocycles. The van der Waals surface area contributed by atoms with E-state index in [0.29, 0.717) is 16.8 Å². The lowest BCUT2D eigenvalue weighted by molar-refractivity contribution is 0.0696. The summed E-state index contributed by atoms with van der Waals surface area (Å²) in [6.45, 7) is 2.81. The average Bonchev–Trinajstić information content (AvgIpc) is 3.13. The number of carboxylic acid groups (broad SMARTS) is 1. The summed E-state index contributed by atoms with van der Waals surface area (Å²) < 4.78 is 45.8. The highest BCUT2D eigenvalue weighted by Crippen LogP contribution is 2.48. The summed E-state index contributed by atoms with van der Waals surface area (Å²) in [6.07, 6.45) is -0.562. The van der Waals surface area contributed by atoms with Crippen molar-refractivity contribution >= 4 is 16.9 Å². The third-order valence-electron chi connectivity index (χ3n) is 5.79. The number of alkyl halides is 1. The van der Waals surface area contributed by atoms with Gasteiger partial charge in [-0.3, -0.25) is 0 Å². The fraction of sp³-hybridized carbons (Fsp3) is 0.154. The number of hydrogen-bond donors (Lipinski definition) is 2. The molecule has 0 aliphatic rings. The highest BCUT2D eigenvalue weighted by molar-refractivity contribution is 6.04. The Bertz CT molecular complexity index is 1480. The normalized spacial score (nSPS) is 12.9. The van der Waals surface area contributed by atoms with Crippen molar-refractivity contribution in [3.8, 4) is 28.6 Å². The molecule has 34 heavy (non-hydrogen) atoms. The Morgan fingerprint density at radius 3 is 2.38 bits per heavy atom. The van der Waals surface area contributed by atoms with Gasteiger partial charge in [0.1, 0.15) is 5.82 Å². The van der Waals surface area contributed by atoms with E-state index in [1.54, 1.807) is 6.92 Å². The Hall–Kier alpha value is -4.25. The molecule has 3 aromatic carbocycles. The molecule has 172 valence electrons. The molecule has 4 aromatic rings. The number of nitriles is 1. The van der Waals surface area contributed by atoms with Crippen LogP contribution in [0.4, 0.5) is 13.2 Å². The highest BCUT2D eigenvalue weighted by Gasteiger charge is 2.37. The van der Waals surface area contributed by atoms with Gasteiger partial charge in [-0.15, -0.1) is 0 Å². The zero-order valence-corrected chi connectivity index (χ0v) is 18.2.